The van der Waals surface area contributed by atoms with E-state index in [4.69, 9.17) is 5.73 Å². The van der Waals surface area contributed by atoms with Crippen LogP contribution in [-0.4, -0.2) is 19.0 Å². The standard InChI is InChI=1S/C12H22N2O/c1-5-6-7-14-11(15)10(9-13)8-12(2,3)4/h10H,7-9,13H2,1-4H3,(H,14,15). The smallest absolute Gasteiger partial charge is 0.225 e. The number of nitrogens with one attached hydrogen (secondary N) is 1. The number of carbonyl (C=O) groups excluding carboxylic acids is 1. The highest BCUT2D eigenvalue weighted by molar-refractivity contribution is 5.79. The fourth-order valence-corrected chi connectivity index (χ4v) is 1.39. The number of amides is 1. The third-order valence-electron chi connectivity index (χ3n) is 2.04. The van der Waals surface area contributed by atoms with Gasteiger partial charge in [0.1, 0.15) is 0 Å². The van der Waals surface area contributed by atoms with Gasteiger partial charge in [0.05, 0.1) is 12.5 Å². The normalized spacial score (nSPS) is 12.6. The largest absolute Gasteiger partial charge is 0.345 e. The first-order valence-electron chi connectivity index (χ1n) is 5.28. The van der Waals surface area contributed by atoms with Crippen molar-refractivity contribution in [2.45, 2.75) is 34.1 Å². The van der Waals surface area contributed by atoms with E-state index in [1.807, 2.05) is 0 Å². The van der Waals surface area contributed by atoms with E-state index in [2.05, 4.69) is 37.9 Å². The molecule has 0 aliphatic rings. The van der Waals surface area contributed by atoms with Gasteiger partial charge in [0.2, 0.25) is 5.91 Å². The average Bonchev–Trinajstić information content (AvgIpc) is 2.13. The van der Waals surface area contributed by atoms with Crippen LogP contribution >= 0.6 is 0 Å². The zero-order valence-corrected chi connectivity index (χ0v) is 10.2. The molecule has 0 heterocycles. The minimum absolute atomic E-state index is 0.00942. The molecular weight excluding hydrogens is 188 g/mol. The van der Waals surface area contributed by atoms with Gasteiger partial charge in [0.25, 0.3) is 0 Å². The van der Waals surface area contributed by atoms with Crippen LogP contribution in [-0.2, 0) is 4.79 Å². The van der Waals surface area contributed by atoms with E-state index in [0.29, 0.717) is 13.1 Å². The third-order valence-corrected chi connectivity index (χ3v) is 2.04. The Kier molecular flexibility index (Phi) is 6.03. The van der Waals surface area contributed by atoms with Gasteiger partial charge in [0.15, 0.2) is 0 Å². The van der Waals surface area contributed by atoms with Crippen molar-refractivity contribution < 1.29 is 4.79 Å². The molecule has 3 heteroatoms. The molecule has 0 fully saturated rings. The lowest BCUT2D eigenvalue weighted by molar-refractivity contribution is -0.125. The molecule has 0 rings (SSSR count). The average molecular weight is 210 g/mol. The maximum atomic E-state index is 11.7. The fraction of sp³-hybridized carbons (Fsp3) is 0.750. The van der Waals surface area contributed by atoms with Crippen LogP contribution in [0.25, 0.3) is 0 Å². The molecule has 1 amide bonds. The zero-order chi connectivity index (χ0) is 11.9. The van der Waals surface area contributed by atoms with Gasteiger partial charge in [-0.25, -0.2) is 0 Å². The van der Waals surface area contributed by atoms with Gasteiger partial charge < -0.3 is 11.1 Å². The zero-order valence-electron chi connectivity index (χ0n) is 10.2. The molecule has 0 aliphatic heterocycles. The molecule has 0 bridgehead atoms. The van der Waals surface area contributed by atoms with Crippen LogP contribution in [0.1, 0.15) is 34.1 Å². The van der Waals surface area contributed by atoms with E-state index in [-0.39, 0.29) is 17.2 Å². The molecule has 0 saturated carbocycles. The second-order valence-electron chi connectivity index (χ2n) is 4.84. The van der Waals surface area contributed by atoms with E-state index >= 15 is 0 Å². The predicted octanol–water partition coefficient (Wildman–Crippen LogP) is 1.14. The van der Waals surface area contributed by atoms with Crippen molar-refractivity contribution in [1.82, 2.24) is 5.32 Å². The maximum absolute atomic E-state index is 11.7. The Labute approximate surface area is 92.8 Å². The molecule has 0 aromatic rings. The van der Waals surface area contributed by atoms with E-state index in [1.54, 1.807) is 6.92 Å². The highest BCUT2D eigenvalue weighted by Crippen LogP contribution is 2.23. The van der Waals surface area contributed by atoms with Crippen LogP contribution in [0.15, 0.2) is 0 Å². The predicted molar refractivity (Wildman–Crippen MR) is 63.1 cm³/mol. The molecular formula is C12H22N2O. The molecule has 0 aromatic heterocycles. The summed E-state index contributed by atoms with van der Waals surface area (Å²) >= 11 is 0. The van der Waals surface area contributed by atoms with Crippen molar-refractivity contribution in [3.8, 4) is 11.8 Å². The van der Waals surface area contributed by atoms with Crippen LogP contribution in [0.3, 0.4) is 0 Å². The summed E-state index contributed by atoms with van der Waals surface area (Å²) in [6, 6.07) is 0. The second-order valence-corrected chi connectivity index (χ2v) is 4.84. The highest BCUT2D eigenvalue weighted by Gasteiger charge is 2.23. The quantitative estimate of drug-likeness (QED) is 0.684. The Hall–Kier alpha value is -1.01. The summed E-state index contributed by atoms with van der Waals surface area (Å²) in [5.41, 5.74) is 5.71. The molecule has 1 unspecified atom stereocenters. The Morgan fingerprint density at radius 1 is 1.47 bits per heavy atom. The van der Waals surface area contributed by atoms with E-state index in [0.717, 1.165) is 6.42 Å². The molecule has 3 nitrogen and oxygen atoms in total. The topological polar surface area (TPSA) is 55.1 Å². The van der Waals surface area contributed by atoms with Gasteiger partial charge in [-0.15, -0.1) is 5.92 Å². The maximum Gasteiger partial charge on any atom is 0.225 e. The van der Waals surface area contributed by atoms with E-state index in [1.165, 1.54) is 0 Å². The van der Waals surface area contributed by atoms with Gasteiger partial charge in [-0.1, -0.05) is 26.7 Å². The van der Waals surface area contributed by atoms with Crippen molar-refractivity contribution >= 4 is 5.91 Å². The Balaban J connectivity index is 4.14. The van der Waals surface area contributed by atoms with Crippen LogP contribution in [0.4, 0.5) is 0 Å². The van der Waals surface area contributed by atoms with Gasteiger partial charge >= 0.3 is 0 Å². The number of nitrogens with two attached hydrogens (primary N) is 1. The summed E-state index contributed by atoms with van der Waals surface area (Å²) < 4.78 is 0. The van der Waals surface area contributed by atoms with Crippen molar-refractivity contribution in [3.05, 3.63) is 0 Å². The van der Waals surface area contributed by atoms with Crippen molar-refractivity contribution in [1.29, 1.82) is 0 Å². The molecule has 0 saturated heterocycles. The van der Waals surface area contributed by atoms with E-state index in [9.17, 15) is 4.79 Å². The first-order valence-corrected chi connectivity index (χ1v) is 5.28. The summed E-state index contributed by atoms with van der Waals surface area (Å²) in [6.07, 6.45) is 0.800. The summed E-state index contributed by atoms with van der Waals surface area (Å²) in [6.45, 7) is 8.87. The van der Waals surface area contributed by atoms with Crippen molar-refractivity contribution in [2.75, 3.05) is 13.1 Å². The van der Waals surface area contributed by atoms with Crippen molar-refractivity contribution in [3.63, 3.8) is 0 Å². The van der Waals surface area contributed by atoms with Gasteiger partial charge in [0, 0.05) is 6.54 Å². The molecule has 0 spiro atoms. The highest BCUT2D eigenvalue weighted by atomic mass is 16.1. The lowest BCUT2D eigenvalue weighted by atomic mass is 9.84. The first kappa shape index (κ1) is 14.0. The Bertz CT molecular complexity index is 255. The molecule has 0 radical (unpaired) electrons. The molecule has 3 N–H and O–H groups in total. The fourth-order valence-electron chi connectivity index (χ4n) is 1.39. The minimum Gasteiger partial charge on any atom is -0.345 e. The monoisotopic (exact) mass is 210 g/mol. The molecule has 15 heavy (non-hydrogen) atoms. The van der Waals surface area contributed by atoms with Gasteiger partial charge in [-0.3, -0.25) is 4.79 Å². The minimum atomic E-state index is -0.108. The number of hydrogen-bond acceptors (Lipinski definition) is 2. The molecule has 1 atom stereocenters. The number of rotatable bonds is 4. The lowest BCUT2D eigenvalue weighted by Crippen LogP contribution is -2.37. The van der Waals surface area contributed by atoms with Gasteiger partial charge in [-0.2, -0.15) is 0 Å². The number of carbonyl (C=O) groups is 1. The van der Waals surface area contributed by atoms with Crippen LogP contribution < -0.4 is 11.1 Å². The summed E-state index contributed by atoms with van der Waals surface area (Å²) in [5.74, 6) is 5.43. The molecule has 0 aromatic carbocycles. The summed E-state index contributed by atoms with van der Waals surface area (Å²) in [4.78, 5) is 11.7. The first-order chi connectivity index (χ1) is 6.90. The van der Waals surface area contributed by atoms with Gasteiger partial charge in [-0.05, 0) is 18.8 Å². The Morgan fingerprint density at radius 2 is 2.07 bits per heavy atom. The van der Waals surface area contributed by atoms with Crippen LogP contribution in [0.2, 0.25) is 0 Å². The third kappa shape index (κ3) is 6.98. The SMILES string of the molecule is CC#CCNC(=O)C(CN)CC(C)(C)C. The molecule has 0 aliphatic carbocycles. The van der Waals surface area contributed by atoms with Crippen LogP contribution in [0, 0.1) is 23.2 Å². The lowest BCUT2D eigenvalue weighted by Gasteiger charge is -2.23. The molecule has 86 valence electrons. The van der Waals surface area contributed by atoms with E-state index < -0.39 is 0 Å². The summed E-state index contributed by atoms with van der Waals surface area (Å²) in [5, 5.41) is 2.76. The summed E-state index contributed by atoms with van der Waals surface area (Å²) in [7, 11) is 0. The number of hydrogen-bond donors (Lipinski definition) is 2. The second kappa shape index (κ2) is 6.47. The Morgan fingerprint density at radius 3 is 2.47 bits per heavy atom. The van der Waals surface area contributed by atoms with Crippen molar-refractivity contribution in [2.24, 2.45) is 17.1 Å². The van der Waals surface area contributed by atoms with Crippen LogP contribution in [0.5, 0.6) is 0 Å².